The predicted molar refractivity (Wildman–Crippen MR) is 117 cm³/mol. The average Bonchev–Trinajstić information content (AvgIpc) is 3.22. The highest BCUT2D eigenvalue weighted by atomic mass is 16.5. The second-order valence-electron chi connectivity index (χ2n) is 7.66. The zero-order chi connectivity index (χ0) is 20.8. The average molecular weight is 402 g/mol. The molecule has 1 saturated carbocycles. The summed E-state index contributed by atoms with van der Waals surface area (Å²) in [6, 6.07) is 18.5. The van der Waals surface area contributed by atoms with Gasteiger partial charge in [0.1, 0.15) is 18.2 Å². The first-order chi connectivity index (χ1) is 14.7. The number of aliphatic carboxylic acids is 1. The van der Waals surface area contributed by atoms with Crippen LogP contribution < -0.4 is 4.74 Å². The van der Waals surface area contributed by atoms with Crippen molar-refractivity contribution in [3.05, 3.63) is 78.1 Å². The van der Waals surface area contributed by atoms with Gasteiger partial charge in [-0.3, -0.25) is 0 Å². The molecule has 30 heavy (non-hydrogen) atoms. The van der Waals surface area contributed by atoms with Crippen molar-refractivity contribution in [2.24, 2.45) is 0 Å². The molecular weight excluding hydrogens is 376 g/mol. The molecule has 5 nitrogen and oxygen atoms in total. The van der Waals surface area contributed by atoms with Crippen LogP contribution in [0.5, 0.6) is 5.75 Å². The number of carboxylic acid groups (broad SMARTS) is 1. The van der Waals surface area contributed by atoms with Crippen LogP contribution in [0.2, 0.25) is 0 Å². The Morgan fingerprint density at radius 3 is 2.50 bits per heavy atom. The molecule has 0 aliphatic heterocycles. The minimum Gasteiger partial charge on any atom is -0.489 e. The van der Waals surface area contributed by atoms with Crippen LogP contribution in [0.25, 0.3) is 17.5 Å². The van der Waals surface area contributed by atoms with E-state index in [0.29, 0.717) is 18.3 Å². The number of rotatable bonds is 7. The topological polar surface area (TPSA) is 64.3 Å². The molecule has 1 heterocycles. The minimum atomic E-state index is -0.969. The Balaban J connectivity index is 1.56. The second-order valence-corrected chi connectivity index (χ2v) is 7.66. The van der Waals surface area contributed by atoms with Crippen molar-refractivity contribution in [1.82, 2.24) is 9.55 Å². The fourth-order valence-corrected chi connectivity index (χ4v) is 3.94. The summed E-state index contributed by atoms with van der Waals surface area (Å²) in [6.45, 7) is 0.529. The maximum Gasteiger partial charge on any atom is 0.328 e. The maximum atomic E-state index is 10.9. The van der Waals surface area contributed by atoms with E-state index in [9.17, 15) is 4.79 Å². The van der Waals surface area contributed by atoms with Gasteiger partial charge in [0.2, 0.25) is 0 Å². The van der Waals surface area contributed by atoms with Crippen LogP contribution in [0.15, 0.2) is 66.9 Å². The van der Waals surface area contributed by atoms with Gasteiger partial charge in [-0.05, 0) is 48.7 Å². The Hall–Kier alpha value is -3.34. The van der Waals surface area contributed by atoms with Crippen LogP contribution in [0.1, 0.15) is 49.4 Å². The minimum absolute atomic E-state index is 0.405. The highest BCUT2D eigenvalue weighted by molar-refractivity contribution is 5.85. The van der Waals surface area contributed by atoms with E-state index in [1.54, 1.807) is 6.08 Å². The first kappa shape index (κ1) is 20.0. The van der Waals surface area contributed by atoms with Gasteiger partial charge in [0.25, 0.3) is 0 Å². The lowest BCUT2D eigenvalue weighted by atomic mass is 9.95. The molecule has 1 aromatic heterocycles. The number of nitrogens with zero attached hydrogens (tertiary/aromatic N) is 2. The van der Waals surface area contributed by atoms with Crippen molar-refractivity contribution in [1.29, 1.82) is 0 Å². The van der Waals surface area contributed by atoms with Gasteiger partial charge in [-0.2, -0.15) is 0 Å². The predicted octanol–water partition coefficient (Wildman–Crippen LogP) is 5.73. The number of imidazole rings is 1. The molecule has 1 fully saturated rings. The van der Waals surface area contributed by atoms with E-state index < -0.39 is 5.97 Å². The van der Waals surface area contributed by atoms with Gasteiger partial charge in [0.05, 0.1) is 5.69 Å². The Morgan fingerprint density at radius 1 is 1.07 bits per heavy atom. The van der Waals surface area contributed by atoms with Crippen LogP contribution in [-0.2, 0) is 11.4 Å². The first-order valence-electron chi connectivity index (χ1n) is 10.5. The molecule has 0 saturated heterocycles. The van der Waals surface area contributed by atoms with E-state index in [1.807, 2.05) is 60.8 Å². The lowest BCUT2D eigenvalue weighted by Gasteiger charge is -2.24. The smallest absolute Gasteiger partial charge is 0.328 e. The van der Waals surface area contributed by atoms with Crippen molar-refractivity contribution >= 4 is 12.0 Å². The fourth-order valence-electron chi connectivity index (χ4n) is 3.94. The van der Waals surface area contributed by atoms with Crippen molar-refractivity contribution in [3.63, 3.8) is 0 Å². The third-order valence-corrected chi connectivity index (χ3v) is 5.48. The van der Waals surface area contributed by atoms with Crippen LogP contribution in [0.4, 0.5) is 0 Å². The van der Waals surface area contributed by atoms with E-state index >= 15 is 0 Å². The molecule has 0 unspecified atom stereocenters. The van der Waals surface area contributed by atoms with Gasteiger partial charge >= 0.3 is 5.97 Å². The van der Waals surface area contributed by atoms with Gasteiger partial charge in [0.15, 0.2) is 0 Å². The third kappa shape index (κ3) is 4.98. The van der Waals surface area contributed by atoms with Crippen LogP contribution in [0, 0.1) is 0 Å². The van der Waals surface area contributed by atoms with Crippen molar-refractivity contribution < 1.29 is 14.6 Å². The van der Waals surface area contributed by atoms with Crippen LogP contribution >= 0.6 is 0 Å². The fraction of sp³-hybridized carbons (Fsp3) is 0.280. The van der Waals surface area contributed by atoms with Crippen molar-refractivity contribution in [3.8, 4) is 17.1 Å². The highest BCUT2D eigenvalue weighted by Crippen LogP contribution is 2.33. The molecule has 0 amide bonds. The molecule has 1 aliphatic rings. The molecule has 3 aromatic rings. The highest BCUT2D eigenvalue weighted by Gasteiger charge is 2.20. The molecule has 0 spiro atoms. The molecule has 1 N–H and O–H groups in total. The molecule has 0 radical (unpaired) electrons. The molecule has 4 rings (SSSR count). The maximum absolute atomic E-state index is 10.9. The number of aromatic nitrogens is 2. The normalized spacial score (nSPS) is 14.8. The molecule has 5 heteroatoms. The summed E-state index contributed by atoms with van der Waals surface area (Å²) in [5.41, 5.74) is 2.80. The number of hydrogen-bond acceptors (Lipinski definition) is 3. The van der Waals surface area contributed by atoms with E-state index in [0.717, 1.165) is 41.6 Å². The molecule has 0 atom stereocenters. The number of carbonyl (C=O) groups is 1. The van der Waals surface area contributed by atoms with Gasteiger partial charge in [-0.15, -0.1) is 0 Å². The number of benzene rings is 2. The van der Waals surface area contributed by atoms with Crippen LogP contribution in [0.3, 0.4) is 0 Å². The number of hydrogen-bond donors (Lipinski definition) is 1. The lowest BCUT2D eigenvalue weighted by molar-refractivity contribution is -0.131. The molecule has 0 bridgehead atoms. The molecule has 154 valence electrons. The van der Waals surface area contributed by atoms with Crippen molar-refractivity contribution in [2.45, 2.75) is 44.8 Å². The van der Waals surface area contributed by atoms with Crippen LogP contribution in [-0.4, -0.2) is 20.6 Å². The van der Waals surface area contributed by atoms with Gasteiger partial charge in [-0.25, -0.2) is 9.78 Å². The lowest BCUT2D eigenvalue weighted by Crippen LogP contribution is -2.13. The second kappa shape index (κ2) is 9.44. The summed E-state index contributed by atoms with van der Waals surface area (Å²) in [6.07, 6.45) is 10.6. The Bertz CT molecular complexity index is 1000. The Kier molecular flexibility index (Phi) is 6.28. The van der Waals surface area contributed by atoms with Gasteiger partial charge < -0.3 is 14.4 Å². The Morgan fingerprint density at radius 2 is 1.80 bits per heavy atom. The summed E-state index contributed by atoms with van der Waals surface area (Å²) in [5.74, 6) is 0.717. The van der Waals surface area contributed by atoms with E-state index in [-0.39, 0.29) is 0 Å². The SMILES string of the molecule is O=C(O)C=Cc1cn(C2CCCCC2)c(-c2ccc(OCc3ccccc3)cc2)n1. The summed E-state index contributed by atoms with van der Waals surface area (Å²) in [4.78, 5) is 15.6. The number of carboxylic acids is 1. The third-order valence-electron chi connectivity index (χ3n) is 5.48. The monoisotopic (exact) mass is 402 g/mol. The standard InChI is InChI=1S/C25H26N2O3/c28-24(29)16-13-21-17-27(22-9-5-2-6-10-22)25(26-21)20-11-14-23(15-12-20)30-18-19-7-3-1-4-8-19/h1,3-4,7-8,11-17,22H,2,5-6,9-10,18H2,(H,28,29). The molecular formula is C25H26N2O3. The zero-order valence-corrected chi connectivity index (χ0v) is 16.9. The zero-order valence-electron chi connectivity index (χ0n) is 16.9. The summed E-state index contributed by atoms with van der Waals surface area (Å²) in [5, 5.41) is 8.94. The van der Waals surface area contributed by atoms with Gasteiger partial charge in [-0.1, -0.05) is 49.6 Å². The Labute approximate surface area is 176 Å². The largest absolute Gasteiger partial charge is 0.489 e. The van der Waals surface area contributed by atoms with E-state index in [1.165, 1.54) is 19.3 Å². The van der Waals surface area contributed by atoms with Crippen molar-refractivity contribution in [2.75, 3.05) is 0 Å². The summed E-state index contributed by atoms with van der Waals surface area (Å²) in [7, 11) is 0. The van der Waals surface area contributed by atoms with Gasteiger partial charge in [0, 0.05) is 23.9 Å². The van der Waals surface area contributed by atoms with E-state index in [4.69, 9.17) is 14.8 Å². The van der Waals surface area contributed by atoms with E-state index in [2.05, 4.69) is 4.57 Å². The quantitative estimate of drug-likeness (QED) is 0.513. The molecule has 1 aliphatic carbocycles. The molecule has 2 aromatic carbocycles. The summed E-state index contributed by atoms with van der Waals surface area (Å²) >= 11 is 0. The summed E-state index contributed by atoms with van der Waals surface area (Å²) < 4.78 is 8.12. The first-order valence-corrected chi connectivity index (χ1v) is 10.5. The number of ether oxygens (including phenoxy) is 1.